The second-order valence-corrected chi connectivity index (χ2v) is 3.95. The van der Waals surface area contributed by atoms with Crippen molar-refractivity contribution in [3.8, 4) is 11.5 Å². The van der Waals surface area contributed by atoms with Crippen molar-refractivity contribution < 1.29 is 19.2 Å². The van der Waals surface area contributed by atoms with Gasteiger partial charge in [-0.2, -0.15) is 5.10 Å². The molecule has 0 spiro atoms. The van der Waals surface area contributed by atoms with Gasteiger partial charge < -0.3 is 14.4 Å². The predicted octanol–water partition coefficient (Wildman–Crippen LogP) is 1.46. The van der Waals surface area contributed by atoms with Crippen LogP contribution in [0.3, 0.4) is 0 Å². The molecule has 2 aromatic rings. The summed E-state index contributed by atoms with van der Waals surface area (Å²) in [6, 6.07) is 6.20. The van der Waals surface area contributed by atoms with E-state index in [0.29, 0.717) is 17.1 Å². The van der Waals surface area contributed by atoms with E-state index in [0.717, 1.165) is 0 Å². The molecular formula is C13H13N3O4. The molecule has 0 fully saturated rings. The number of amides is 1. The average molecular weight is 275 g/mol. The third kappa shape index (κ3) is 3.14. The highest BCUT2D eigenvalue weighted by molar-refractivity contribution is 5.93. The predicted molar refractivity (Wildman–Crippen MR) is 71.0 cm³/mol. The molecular weight excluding hydrogens is 262 g/mol. The molecule has 1 aromatic heterocycles. The van der Waals surface area contributed by atoms with E-state index in [4.69, 9.17) is 9.26 Å². The average Bonchev–Trinajstić information content (AvgIpc) is 2.87. The second-order valence-electron chi connectivity index (χ2n) is 3.95. The molecule has 0 saturated heterocycles. The van der Waals surface area contributed by atoms with Crippen molar-refractivity contribution >= 4 is 12.1 Å². The lowest BCUT2D eigenvalue weighted by molar-refractivity contribution is 0.0946. The van der Waals surface area contributed by atoms with Crippen molar-refractivity contribution in [2.45, 2.75) is 6.92 Å². The third-order valence-electron chi connectivity index (χ3n) is 2.44. The number of aryl methyl sites for hydroxylation is 1. The normalized spacial score (nSPS) is 10.7. The Kier molecular flexibility index (Phi) is 3.99. The van der Waals surface area contributed by atoms with E-state index in [1.165, 1.54) is 25.5 Å². The zero-order chi connectivity index (χ0) is 14.5. The van der Waals surface area contributed by atoms with Gasteiger partial charge in [-0.1, -0.05) is 5.16 Å². The van der Waals surface area contributed by atoms with Crippen molar-refractivity contribution in [3.63, 3.8) is 0 Å². The third-order valence-corrected chi connectivity index (χ3v) is 2.44. The number of carbonyl (C=O) groups excluding carboxylic acids is 1. The molecule has 104 valence electrons. The lowest BCUT2D eigenvalue weighted by Crippen LogP contribution is -2.17. The summed E-state index contributed by atoms with van der Waals surface area (Å²) in [5, 5.41) is 16.8. The van der Waals surface area contributed by atoms with Crippen LogP contribution in [0.4, 0.5) is 0 Å². The molecule has 0 radical (unpaired) electrons. The number of hydrogen-bond donors (Lipinski definition) is 2. The first kappa shape index (κ1) is 13.6. The summed E-state index contributed by atoms with van der Waals surface area (Å²) >= 11 is 0. The molecule has 1 aromatic carbocycles. The topological polar surface area (TPSA) is 97.0 Å². The van der Waals surface area contributed by atoms with Gasteiger partial charge in [0.05, 0.1) is 13.3 Å². The van der Waals surface area contributed by atoms with Gasteiger partial charge in [0.25, 0.3) is 5.91 Å². The Labute approximate surface area is 114 Å². The van der Waals surface area contributed by atoms with Crippen LogP contribution in [-0.2, 0) is 0 Å². The highest BCUT2D eigenvalue weighted by atomic mass is 16.5. The molecule has 7 heteroatoms. The quantitative estimate of drug-likeness (QED) is 0.650. The van der Waals surface area contributed by atoms with Gasteiger partial charge >= 0.3 is 0 Å². The van der Waals surface area contributed by atoms with Crippen LogP contribution in [0.2, 0.25) is 0 Å². The van der Waals surface area contributed by atoms with Gasteiger partial charge in [-0.05, 0) is 30.7 Å². The van der Waals surface area contributed by atoms with Crippen LogP contribution in [0.15, 0.2) is 33.9 Å². The van der Waals surface area contributed by atoms with Crippen LogP contribution in [0, 0.1) is 6.92 Å². The van der Waals surface area contributed by atoms with E-state index in [1.54, 1.807) is 19.1 Å². The van der Waals surface area contributed by atoms with Crippen LogP contribution in [0.5, 0.6) is 11.5 Å². The van der Waals surface area contributed by atoms with E-state index in [1.807, 2.05) is 0 Å². The lowest BCUT2D eigenvalue weighted by Gasteiger charge is -2.03. The Bertz CT molecular complexity index is 649. The summed E-state index contributed by atoms with van der Waals surface area (Å²) in [6.07, 6.45) is 1.42. The molecule has 1 heterocycles. The first-order chi connectivity index (χ1) is 9.60. The van der Waals surface area contributed by atoms with Gasteiger partial charge in [-0.3, -0.25) is 4.79 Å². The summed E-state index contributed by atoms with van der Waals surface area (Å²) in [7, 11) is 1.45. The number of nitrogens with zero attached hydrogens (tertiary/aromatic N) is 2. The largest absolute Gasteiger partial charge is 0.504 e. The van der Waals surface area contributed by atoms with E-state index < -0.39 is 5.91 Å². The van der Waals surface area contributed by atoms with Crippen molar-refractivity contribution in [1.29, 1.82) is 0 Å². The minimum Gasteiger partial charge on any atom is -0.504 e. The zero-order valence-electron chi connectivity index (χ0n) is 11.0. The molecule has 0 aliphatic rings. The summed E-state index contributed by atoms with van der Waals surface area (Å²) in [4.78, 5) is 11.6. The number of carbonyl (C=O) groups is 1. The number of methoxy groups -OCH3 is 1. The molecule has 0 aliphatic carbocycles. The Morgan fingerprint density at radius 2 is 2.30 bits per heavy atom. The minimum atomic E-state index is -0.469. The molecule has 2 N–H and O–H groups in total. The first-order valence-electron chi connectivity index (χ1n) is 5.74. The fraction of sp³-hybridized carbons (Fsp3) is 0.154. The van der Waals surface area contributed by atoms with Crippen molar-refractivity contribution in [2.24, 2.45) is 5.10 Å². The first-order valence-corrected chi connectivity index (χ1v) is 5.74. The SMILES string of the molecule is COc1cc(/C=N\NC(=O)c2cc(C)on2)ccc1O. The molecule has 0 bridgehead atoms. The summed E-state index contributed by atoms with van der Waals surface area (Å²) < 4.78 is 9.75. The van der Waals surface area contributed by atoms with Gasteiger partial charge in [-0.15, -0.1) is 0 Å². The van der Waals surface area contributed by atoms with E-state index in [-0.39, 0.29) is 11.4 Å². The van der Waals surface area contributed by atoms with Crippen LogP contribution >= 0.6 is 0 Å². The zero-order valence-corrected chi connectivity index (χ0v) is 11.0. The summed E-state index contributed by atoms with van der Waals surface area (Å²) in [5.41, 5.74) is 3.14. The van der Waals surface area contributed by atoms with Crippen LogP contribution in [-0.4, -0.2) is 29.5 Å². The molecule has 0 saturated carbocycles. The van der Waals surface area contributed by atoms with Gasteiger partial charge in [0, 0.05) is 6.07 Å². The maximum atomic E-state index is 11.6. The number of nitrogens with one attached hydrogen (secondary N) is 1. The fourth-order valence-electron chi connectivity index (χ4n) is 1.47. The number of benzene rings is 1. The number of aromatic nitrogens is 1. The monoisotopic (exact) mass is 275 g/mol. The maximum Gasteiger partial charge on any atom is 0.293 e. The van der Waals surface area contributed by atoms with Crippen LogP contribution < -0.4 is 10.2 Å². The highest BCUT2D eigenvalue weighted by Crippen LogP contribution is 2.25. The number of ether oxygens (including phenoxy) is 1. The maximum absolute atomic E-state index is 11.6. The van der Waals surface area contributed by atoms with Gasteiger partial charge in [0.2, 0.25) is 0 Å². The Balaban J connectivity index is 2.01. The number of aromatic hydroxyl groups is 1. The molecule has 20 heavy (non-hydrogen) atoms. The van der Waals surface area contributed by atoms with Crippen molar-refractivity contribution in [1.82, 2.24) is 10.6 Å². The second kappa shape index (κ2) is 5.87. The van der Waals surface area contributed by atoms with E-state index in [2.05, 4.69) is 15.7 Å². The minimum absolute atomic E-state index is 0.0340. The number of rotatable bonds is 4. The summed E-state index contributed by atoms with van der Waals surface area (Å²) in [6.45, 7) is 1.69. The molecule has 1 amide bonds. The lowest BCUT2D eigenvalue weighted by atomic mass is 10.2. The van der Waals surface area contributed by atoms with Crippen molar-refractivity contribution in [2.75, 3.05) is 7.11 Å². The molecule has 0 aliphatic heterocycles. The number of phenols is 1. The molecule has 0 atom stereocenters. The van der Waals surface area contributed by atoms with Gasteiger partial charge in [-0.25, -0.2) is 5.43 Å². The summed E-state index contributed by atoms with van der Waals surface area (Å²) in [5.74, 6) is 0.436. The fourth-order valence-corrected chi connectivity index (χ4v) is 1.47. The highest BCUT2D eigenvalue weighted by Gasteiger charge is 2.09. The van der Waals surface area contributed by atoms with Gasteiger partial charge in [0.15, 0.2) is 17.2 Å². The standard InChI is InChI=1S/C13H13N3O4/c1-8-5-10(16-20-8)13(18)15-14-7-9-3-4-11(17)12(6-9)19-2/h3-7,17H,1-2H3,(H,15,18)/b14-7-. The van der Waals surface area contributed by atoms with Crippen LogP contribution in [0.1, 0.15) is 21.8 Å². The number of hydrogen-bond acceptors (Lipinski definition) is 6. The number of hydrazone groups is 1. The van der Waals surface area contributed by atoms with Crippen molar-refractivity contribution in [3.05, 3.63) is 41.3 Å². The molecule has 0 unspecified atom stereocenters. The van der Waals surface area contributed by atoms with Crippen LogP contribution in [0.25, 0.3) is 0 Å². The number of phenolic OH excluding ortho intramolecular Hbond substituents is 1. The Morgan fingerprint density at radius 3 is 2.95 bits per heavy atom. The van der Waals surface area contributed by atoms with E-state index >= 15 is 0 Å². The molecule has 2 rings (SSSR count). The van der Waals surface area contributed by atoms with Gasteiger partial charge in [0.1, 0.15) is 5.76 Å². The molecule has 7 nitrogen and oxygen atoms in total. The van der Waals surface area contributed by atoms with E-state index in [9.17, 15) is 9.90 Å². The Morgan fingerprint density at radius 1 is 1.50 bits per heavy atom. The smallest absolute Gasteiger partial charge is 0.293 e. The Hall–Kier alpha value is -2.83.